The molecule has 0 aliphatic rings. The summed E-state index contributed by atoms with van der Waals surface area (Å²) in [6.07, 6.45) is 2.46. The van der Waals surface area contributed by atoms with Crippen molar-refractivity contribution in [2.45, 2.75) is 0 Å². The van der Waals surface area contributed by atoms with E-state index in [0.29, 0.717) is 5.69 Å². The molecule has 0 unspecified atom stereocenters. The van der Waals surface area contributed by atoms with Crippen molar-refractivity contribution >= 4 is 11.6 Å². The van der Waals surface area contributed by atoms with Gasteiger partial charge in [0.1, 0.15) is 0 Å². The van der Waals surface area contributed by atoms with E-state index in [2.05, 4.69) is 10.1 Å². The third kappa shape index (κ3) is 3.27. The molecule has 86 valence electrons. The molecule has 0 aliphatic heterocycles. The standard InChI is InChI=1S/C11H12FNO3/c1-15-6-5-11(14)13-8-3-4-9(12)10(7-8)16-2/h3-7H,1-2H3,(H,13,14)/b6-5+. The van der Waals surface area contributed by atoms with Crippen LogP contribution in [0.15, 0.2) is 30.5 Å². The minimum Gasteiger partial charge on any atom is -0.504 e. The van der Waals surface area contributed by atoms with Gasteiger partial charge >= 0.3 is 0 Å². The van der Waals surface area contributed by atoms with Crippen LogP contribution in [0.3, 0.4) is 0 Å². The summed E-state index contributed by atoms with van der Waals surface area (Å²) in [7, 11) is 2.79. The van der Waals surface area contributed by atoms with Crippen LogP contribution in [0.25, 0.3) is 0 Å². The summed E-state index contributed by atoms with van der Waals surface area (Å²) < 4.78 is 22.4. The van der Waals surface area contributed by atoms with Crippen LogP contribution in [0.1, 0.15) is 0 Å². The quantitative estimate of drug-likeness (QED) is 0.629. The molecule has 0 aromatic heterocycles. The van der Waals surface area contributed by atoms with Gasteiger partial charge in [-0.1, -0.05) is 0 Å². The van der Waals surface area contributed by atoms with Crippen molar-refractivity contribution < 1.29 is 18.7 Å². The molecule has 1 amide bonds. The van der Waals surface area contributed by atoms with Gasteiger partial charge in [0.15, 0.2) is 11.6 Å². The first-order chi connectivity index (χ1) is 7.67. The molecule has 4 nitrogen and oxygen atoms in total. The largest absolute Gasteiger partial charge is 0.504 e. The number of hydrogen-bond donors (Lipinski definition) is 1. The van der Waals surface area contributed by atoms with Gasteiger partial charge in [0.2, 0.25) is 0 Å². The average molecular weight is 225 g/mol. The van der Waals surface area contributed by atoms with Crippen LogP contribution in [0.4, 0.5) is 10.1 Å². The zero-order chi connectivity index (χ0) is 12.0. The van der Waals surface area contributed by atoms with E-state index in [-0.39, 0.29) is 11.7 Å². The van der Waals surface area contributed by atoms with Gasteiger partial charge in [0, 0.05) is 17.8 Å². The number of rotatable bonds is 4. The number of benzene rings is 1. The number of hydrogen-bond acceptors (Lipinski definition) is 3. The monoisotopic (exact) mass is 225 g/mol. The Bertz CT molecular complexity index is 404. The molecule has 1 rings (SSSR count). The topological polar surface area (TPSA) is 47.6 Å². The first kappa shape index (κ1) is 12.0. The molecule has 1 N–H and O–H groups in total. The number of ether oxygens (including phenoxy) is 2. The number of halogens is 1. The van der Waals surface area contributed by atoms with Crippen molar-refractivity contribution in [1.29, 1.82) is 0 Å². The van der Waals surface area contributed by atoms with Crippen LogP contribution in [0, 0.1) is 5.82 Å². The van der Waals surface area contributed by atoms with Crippen molar-refractivity contribution in [2.24, 2.45) is 0 Å². The number of carbonyl (C=O) groups is 1. The molecule has 1 aromatic carbocycles. The van der Waals surface area contributed by atoms with Gasteiger partial charge in [-0.25, -0.2) is 4.39 Å². The number of anilines is 1. The van der Waals surface area contributed by atoms with Crippen LogP contribution in [0.2, 0.25) is 0 Å². The fourth-order valence-electron chi connectivity index (χ4n) is 1.05. The zero-order valence-corrected chi connectivity index (χ0v) is 8.99. The average Bonchev–Trinajstić information content (AvgIpc) is 2.29. The van der Waals surface area contributed by atoms with Crippen molar-refractivity contribution in [2.75, 3.05) is 19.5 Å². The SMILES string of the molecule is CO/C=C/C(=O)Nc1ccc(F)c(OC)c1. The molecule has 0 saturated carbocycles. The highest BCUT2D eigenvalue weighted by Crippen LogP contribution is 2.21. The lowest BCUT2D eigenvalue weighted by Crippen LogP contribution is -2.08. The lowest BCUT2D eigenvalue weighted by atomic mass is 10.3. The van der Waals surface area contributed by atoms with Crippen LogP contribution in [0.5, 0.6) is 5.75 Å². The highest BCUT2D eigenvalue weighted by atomic mass is 19.1. The van der Waals surface area contributed by atoms with E-state index in [9.17, 15) is 9.18 Å². The normalized spacial score (nSPS) is 10.2. The number of carbonyl (C=O) groups excluding carboxylic acids is 1. The Kier molecular flexibility index (Phi) is 4.32. The molecule has 5 heteroatoms. The van der Waals surface area contributed by atoms with Gasteiger partial charge < -0.3 is 14.8 Å². The third-order valence-electron chi connectivity index (χ3n) is 1.77. The van der Waals surface area contributed by atoms with E-state index in [1.807, 2.05) is 0 Å². The summed E-state index contributed by atoms with van der Waals surface area (Å²) in [5, 5.41) is 2.53. The minimum atomic E-state index is -0.479. The first-order valence-electron chi connectivity index (χ1n) is 4.51. The Morgan fingerprint density at radius 2 is 2.19 bits per heavy atom. The summed E-state index contributed by atoms with van der Waals surface area (Å²) in [6.45, 7) is 0. The van der Waals surface area contributed by atoms with E-state index in [1.165, 1.54) is 44.8 Å². The van der Waals surface area contributed by atoms with Gasteiger partial charge in [-0.2, -0.15) is 0 Å². The summed E-state index contributed by atoms with van der Waals surface area (Å²) >= 11 is 0. The summed E-state index contributed by atoms with van der Waals surface area (Å²) in [6, 6.07) is 4.05. The molecular weight excluding hydrogens is 213 g/mol. The maximum absolute atomic E-state index is 13.0. The lowest BCUT2D eigenvalue weighted by Gasteiger charge is -2.05. The fraction of sp³-hybridized carbons (Fsp3) is 0.182. The van der Waals surface area contributed by atoms with Crippen LogP contribution < -0.4 is 10.1 Å². The first-order valence-corrected chi connectivity index (χ1v) is 4.51. The van der Waals surface area contributed by atoms with E-state index in [0.717, 1.165) is 0 Å². The van der Waals surface area contributed by atoms with Gasteiger partial charge in [-0.05, 0) is 12.1 Å². The summed E-state index contributed by atoms with van der Waals surface area (Å²) in [5.74, 6) is -0.767. The Morgan fingerprint density at radius 1 is 1.44 bits per heavy atom. The van der Waals surface area contributed by atoms with Gasteiger partial charge in [0.25, 0.3) is 5.91 Å². The van der Waals surface area contributed by atoms with Crippen LogP contribution >= 0.6 is 0 Å². The molecule has 0 heterocycles. The predicted octanol–water partition coefficient (Wildman–Crippen LogP) is 1.93. The molecular formula is C11H12FNO3. The van der Waals surface area contributed by atoms with E-state index in [4.69, 9.17) is 4.74 Å². The number of amides is 1. The molecule has 0 spiro atoms. The summed E-state index contributed by atoms with van der Waals surface area (Å²) in [4.78, 5) is 11.2. The highest BCUT2D eigenvalue weighted by Gasteiger charge is 2.04. The van der Waals surface area contributed by atoms with Crippen LogP contribution in [-0.4, -0.2) is 20.1 Å². The second-order valence-corrected chi connectivity index (χ2v) is 2.88. The number of nitrogens with one attached hydrogen (secondary N) is 1. The molecule has 1 aromatic rings. The molecule has 0 radical (unpaired) electrons. The Balaban J connectivity index is 2.74. The zero-order valence-electron chi connectivity index (χ0n) is 8.99. The third-order valence-corrected chi connectivity index (χ3v) is 1.77. The Morgan fingerprint density at radius 3 is 2.81 bits per heavy atom. The predicted molar refractivity (Wildman–Crippen MR) is 57.7 cm³/mol. The number of methoxy groups -OCH3 is 2. The van der Waals surface area contributed by atoms with Crippen molar-refractivity contribution in [3.05, 3.63) is 36.4 Å². The second-order valence-electron chi connectivity index (χ2n) is 2.88. The Hall–Kier alpha value is -2.04. The summed E-state index contributed by atoms with van der Waals surface area (Å²) in [5.41, 5.74) is 0.448. The van der Waals surface area contributed by atoms with Gasteiger partial charge in [-0.3, -0.25) is 4.79 Å². The van der Waals surface area contributed by atoms with E-state index in [1.54, 1.807) is 0 Å². The molecule has 0 bridgehead atoms. The smallest absolute Gasteiger partial charge is 0.251 e. The molecule has 0 fully saturated rings. The molecule has 0 saturated heterocycles. The maximum atomic E-state index is 13.0. The lowest BCUT2D eigenvalue weighted by molar-refractivity contribution is -0.112. The van der Waals surface area contributed by atoms with E-state index >= 15 is 0 Å². The Labute approximate surface area is 92.7 Å². The second kappa shape index (κ2) is 5.75. The van der Waals surface area contributed by atoms with Crippen molar-refractivity contribution in [3.63, 3.8) is 0 Å². The van der Waals surface area contributed by atoms with Crippen molar-refractivity contribution in [3.8, 4) is 5.75 Å². The highest BCUT2D eigenvalue weighted by molar-refractivity contribution is 5.99. The van der Waals surface area contributed by atoms with Crippen LogP contribution in [-0.2, 0) is 9.53 Å². The maximum Gasteiger partial charge on any atom is 0.251 e. The van der Waals surface area contributed by atoms with E-state index < -0.39 is 5.82 Å². The molecule has 0 aliphatic carbocycles. The fourth-order valence-corrected chi connectivity index (χ4v) is 1.05. The minimum absolute atomic E-state index is 0.0773. The van der Waals surface area contributed by atoms with Crippen molar-refractivity contribution in [1.82, 2.24) is 0 Å². The molecule has 16 heavy (non-hydrogen) atoms. The molecule has 0 atom stereocenters. The van der Waals surface area contributed by atoms with Gasteiger partial charge in [-0.15, -0.1) is 0 Å². The van der Waals surface area contributed by atoms with Gasteiger partial charge in [0.05, 0.1) is 20.5 Å².